The van der Waals surface area contributed by atoms with Crippen LogP contribution in [0.4, 0.5) is 4.39 Å². The molecule has 1 aliphatic rings. The average molecular weight is 275 g/mol. The Labute approximate surface area is 117 Å². The Kier molecular flexibility index (Phi) is 2.90. The predicted octanol–water partition coefficient (Wildman–Crippen LogP) is 2.52. The summed E-state index contributed by atoms with van der Waals surface area (Å²) < 4.78 is 18.4. The van der Waals surface area contributed by atoms with Gasteiger partial charge in [0.15, 0.2) is 5.82 Å². The zero-order valence-electron chi connectivity index (χ0n) is 11.7. The summed E-state index contributed by atoms with van der Waals surface area (Å²) >= 11 is 0. The molecule has 1 aliphatic carbocycles. The maximum Gasteiger partial charge on any atom is 0.234 e. The number of rotatable bonds is 4. The van der Waals surface area contributed by atoms with Gasteiger partial charge in [-0.25, -0.2) is 4.39 Å². The minimum absolute atomic E-state index is 0.107. The number of benzene rings is 1. The first kappa shape index (κ1) is 13.2. The van der Waals surface area contributed by atoms with Crippen molar-refractivity contribution < 1.29 is 8.91 Å². The maximum absolute atomic E-state index is 13.0. The molecule has 4 nitrogen and oxygen atoms in total. The van der Waals surface area contributed by atoms with Gasteiger partial charge in [0, 0.05) is 6.54 Å². The largest absolute Gasteiger partial charge is 0.339 e. The molecule has 0 amide bonds. The number of nitrogens with zero attached hydrogens (tertiary/aromatic N) is 2. The number of hydrogen-bond acceptors (Lipinski definition) is 4. The molecular formula is C15H18FN3O. The molecule has 0 bridgehead atoms. The lowest BCUT2D eigenvalue weighted by Crippen LogP contribution is -2.23. The molecule has 2 aromatic rings. The van der Waals surface area contributed by atoms with Crippen LogP contribution in [0.25, 0.3) is 0 Å². The molecule has 1 aromatic heterocycles. The molecule has 1 aromatic carbocycles. The SMILES string of the molecule is CC(C)(c1ccc(F)cc1)c1noc(C2(CN)CC2)n1. The van der Waals surface area contributed by atoms with Crippen molar-refractivity contribution in [1.29, 1.82) is 0 Å². The summed E-state index contributed by atoms with van der Waals surface area (Å²) in [5.41, 5.74) is 6.19. The monoisotopic (exact) mass is 275 g/mol. The van der Waals surface area contributed by atoms with Gasteiger partial charge in [-0.1, -0.05) is 17.3 Å². The van der Waals surface area contributed by atoms with E-state index in [1.165, 1.54) is 12.1 Å². The quantitative estimate of drug-likeness (QED) is 0.931. The van der Waals surface area contributed by atoms with E-state index in [9.17, 15) is 4.39 Å². The van der Waals surface area contributed by atoms with Gasteiger partial charge in [-0.05, 0) is 44.4 Å². The van der Waals surface area contributed by atoms with Gasteiger partial charge in [0.05, 0.1) is 10.8 Å². The zero-order chi connectivity index (χ0) is 14.4. The topological polar surface area (TPSA) is 64.9 Å². The Balaban J connectivity index is 1.93. The lowest BCUT2D eigenvalue weighted by molar-refractivity contribution is 0.339. The fourth-order valence-electron chi connectivity index (χ4n) is 2.34. The average Bonchev–Trinajstić information content (AvgIpc) is 3.07. The summed E-state index contributed by atoms with van der Waals surface area (Å²) in [6, 6.07) is 6.39. The van der Waals surface area contributed by atoms with Crippen LogP contribution in [0, 0.1) is 5.82 Å². The molecule has 1 saturated carbocycles. The molecule has 1 fully saturated rings. The number of nitrogens with two attached hydrogens (primary N) is 1. The van der Waals surface area contributed by atoms with Crippen LogP contribution < -0.4 is 5.73 Å². The molecular weight excluding hydrogens is 257 g/mol. The summed E-state index contributed by atoms with van der Waals surface area (Å²) in [4.78, 5) is 4.53. The van der Waals surface area contributed by atoms with Crippen LogP contribution in [0.5, 0.6) is 0 Å². The molecule has 0 aliphatic heterocycles. The lowest BCUT2D eigenvalue weighted by Gasteiger charge is -2.20. The maximum atomic E-state index is 13.0. The van der Waals surface area contributed by atoms with E-state index in [0.29, 0.717) is 18.3 Å². The molecule has 0 radical (unpaired) electrons. The molecule has 3 rings (SSSR count). The van der Waals surface area contributed by atoms with E-state index >= 15 is 0 Å². The van der Waals surface area contributed by atoms with Crippen LogP contribution in [0.2, 0.25) is 0 Å². The summed E-state index contributed by atoms with van der Waals surface area (Å²) in [6.07, 6.45) is 2.00. The van der Waals surface area contributed by atoms with Gasteiger partial charge in [0.2, 0.25) is 5.89 Å². The summed E-state index contributed by atoms with van der Waals surface area (Å²) in [7, 11) is 0. The Morgan fingerprint density at radius 2 is 1.95 bits per heavy atom. The molecule has 0 unspecified atom stereocenters. The van der Waals surface area contributed by atoms with Gasteiger partial charge in [-0.3, -0.25) is 0 Å². The second-order valence-electron chi connectivity index (χ2n) is 6.04. The number of hydrogen-bond donors (Lipinski definition) is 1. The minimum atomic E-state index is -0.430. The van der Waals surface area contributed by atoms with Crippen molar-refractivity contribution in [3.63, 3.8) is 0 Å². The van der Waals surface area contributed by atoms with E-state index in [1.54, 1.807) is 12.1 Å². The fraction of sp³-hybridized carbons (Fsp3) is 0.467. The van der Waals surface area contributed by atoms with Gasteiger partial charge in [0.1, 0.15) is 5.82 Å². The summed E-state index contributed by atoms with van der Waals surface area (Å²) in [6.45, 7) is 4.53. The summed E-state index contributed by atoms with van der Waals surface area (Å²) in [5.74, 6) is 0.988. The molecule has 0 saturated heterocycles. The van der Waals surface area contributed by atoms with Crippen molar-refractivity contribution in [1.82, 2.24) is 10.1 Å². The standard InChI is InChI=1S/C15H18FN3O/c1-14(2,10-3-5-11(16)6-4-10)12-18-13(20-19-12)15(9-17)7-8-15/h3-6H,7-9,17H2,1-2H3. The fourth-order valence-corrected chi connectivity index (χ4v) is 2.34. The number of aromatic nitrogens is 2. The van der Waals surface area contributed by atoms with Crippen molar-refractivity contribution >= 4 is 0 Å². The zero-order valence-corrected chi connectivity index (χ0v) is 11.7. The first-order chi connectivity index (χ1) is 9.48. The molecule has 0 spiro atoms. The molecule has 106 valence electrons. The molecule has 1 heterocycles. The first-order valence-corrected chi connectivity index (χ1v) is 6.79. The van der Waals surface area contributed by atoms with Crippen LogP contribution in [0.1, 0.15) is 44.0 Å². The van der Waals surface area contributed by atoms with Crippen molar-refractivity contribution in [2.24, 2.45) is 5.73 Å². The van der Waals surface area contributed by atoms with Gasteiger partial charge < -0.3 is 10.3 Å². The molecule has 20 heavy (non-hydrogen) atoms. The normalized spacial score (nSPS) is 17.2. The molecule has 2 N–H and O–H groups in total. The highest BCUT2D eigenvalue weighted by Crippen LogP contribution is 2.46. The third-order valence-corrected chi connectivity index (χ3v) is 4.25. The van der Waals surface area contributed by atoms with Gasteiger partial charge >= 0.3 is 0 Å². The van der Waals surface area contributed by atoms with Crippen molar-refractivity contribution in [2.45, 2.75) is 37.5 Å². The van der Waals surface area contributed by atoms with Crippen LogP contribution >= 0.6 is 0 Å². The molecule has 0 atom stereocenters. The Hall–Kier alpha value is -1.75. The highest BCUT2D eigenvalue weighted by molar-refractivity contribution is 5.31. The van der Waals surface area contributed by atoms with Crippen LogP contribution in [0.15, 0.2) is 28.8 Å². The number of halogens is 1. The predicted molar refractivity (Wildman–Crippen MR) is 72.8 cm³/mol. The van der Waals surface area contributed by atoms with Crippen molar-refractivity contribution in [3.8, 4) is 0 Å². The van der Waals surface area contributed by atoms with E-state index < -0.39 is 5.41 Å². The van der Waals surface area contributed by atoms with Gasteiger partial charge in [-0.2, -0.15) is 4.98 Å². The van der Waals surface area contributed by atoms with E-state index in [4.69, 9.17) is 10.3 Å². The minimum Gasteiger partial charge on any atom is -0.339 e. The van der Waals surface area contributed by atoms with Crippen LogP contribution in [0.3, 0.4) is 0 Å². The Morgan fingerprint density at radius 3 is 2.50 bits per heavy atom. The second kappa shape index (κ2) is 4.38. The van der Waals surface area contributed by atoms with Gasteiger partial charge in [0.25, 0.3) is 0 Å². The summed E-state index contributed by atoms with van der Waals surface area (Å²) in [5, 5.41) is 4.11. The van der Waals surface area contributed by atoms with E-state index in [0.717, 1.165) is 18.4 Å². The van der Waals surface area contributed by atoms with E-state index in [-0.39, 0.29) is 11.2 Å². The highest BCUT2D eigenvalue weighted by atomic mass is 19.1. The first-order valence-electron chi connectivity index (χ1n) is 6.79. The van der Waals surface area contributed by atoms with E-state index in [2.05, 4.69) is 10.1 Å². The third-order valence-electron chi connectivity index (χ3n) is 4.25. The Bertz CT molecular complexity index is 614. The lowest BCUT2D eigenvalue weighted by atomic mass is 9.84. The van der Waals surface area contributed by atoms with Crippen molar-refractivity contribution in [3.05, 3.63) is 47.4 Å². The smallest absolute Gasteiger partial charge is 0.234 e. The van der Waals surface area contributed by atoms with Gasteiger partial charge in [-0.15, -0.1) is 0 Å². The second-order valence-corrected chi connectivity index (χ2v) is 6.04. The Morgan fingerprint density at radius 1 is 1.30 bits per heavy atom. The molecule has 5 heteroatoms. The van der Waals surface area contributed by atoms with E-state index in [1.807, 2.05) is 13.8 Å². The third kappa shape index (κ3) is 2.02. The highest BCUT2D eigenvalue weighted by Gasteiger charge is 2.48. The van der Waals surface area contributed by atoms with Crippen LogP contribution in [-0.2, 0) is 10.8 Å². The van der Waals surface area contributed by atoms with Crippen LogP contribution in [-0.4, -0.2) is 16.7 Å². The van der Waals surface area contributed by atoms with Crippen molar-refractivity contribution in [2.75, 3.05) is 6.54 Å².